The second kappa shape index (κ2) is 6.69. The molecule has 3 N–H and O–H groups in total. The van der Waals surface area contributed by atoms with Crippen molar-refractivity contribution in [2.75, 3.05) is 6.66 Å². The first kappa shape index (κ1) is 18.5. The average Bonchev–Trinajstić information content (AvgIpc) is 2.37. The zero-order valence-corrected chi connectivity index (χ0v) is 13.8. The van der Waals surface area contributed by atoms with Crippen LogP contribution < -0.4 is 9.46 Å². The van der Waals surface area contributed by atoms with E-state index >= 15 is 0 Å². The number of rotatable bonds is 7. The van der Waals surface area contributed by atoms with Crippen LogP contribution in [0.5, 0.6) is 0 Å². The van der Waals surface area contributed by atoms with Gasteiger partial charge in [-0.3, -0.25) is 4.57 Å². The Morgan fingerprint density at radius 3 is 2.14 bits per heavy atom. The molecule has 0 aliphatic heterocycles. The molecule has 0 spiro atoms. The molecule has 0 saturated carbocycles. The lowest BCUT2D eigenvalue weighted by Crippen LogP contribution is -2.54. The summed E-state index contributed by atoms with van der Waals surface area (Å²) in [4.78, 5) is 30.8. The fraction of sp³-hybridized carbons (Fsp3) is 0.583. The SMILES string of the molecule is CCCCC([n+]1ccccc1)C(O)(P(C)(=O)O)P(=O)([O-])O. The summed E-state index contributed by atoms with van der Waals surface area (Å²) in [5.41, 5.74) is 0. The molecule has 1 rings (SSSR count). The van der Waals surface area contributed by atoms with Gasteiger partial charge in [0, 0.05) is 25.2 Å². The number of pyridine rings is 1. The number of aromatic nitrogens is 1. The zero-order valence-electron chi connectivity index (χ0n) is 12.0. The maximum atomic E-state index is 12.0. The highest BCUT2D eigenvalue weighted by atomic mass is 31.2. The number of aliphatic hydroxyl groups is 1. The number of hydrogen-bond acceptors (Lipinski definition) is 4. The Kier molecular flexibility index (Phi) is 5.90. The van der Waals surface area contributed by atoms with Crippen LogP contribution in [0, 0.1) is 0 Å². The summed E-state index contributed by atoms with van der Waals surface area (Å²) in [5.74, 6) is 0. The third kappa shape index (κ3) is 3.81. The Morgan fingerprint density at radius 1 is 1.24 bits per heavy atom. The molecular formula is C12H21NO6P2. The Bertz CT molecular complexity index is 530. The number of nitrogens with zero attached hydrogens (tertiary/aromatic N) is 1. The standard InChI is InChI=1S/C12H21NO6P2/c1-3-4-8-11(13-9-6-5-7-10-13)12(14,20(2,15)16)21(17,18)19/h5-7,9-11,14H,3-4,8H2,1-2H3,(H2-,15,16,17,18,19). The van der Waals surface area contributed by atoms with Gasteiger partial charge in [-0.1, -0.05) is 19.4 Å². The van der Waals surface area contributed by atoms with E-state index in [1.165, 1.54) is 17.0 Å². The predicted octanol–water partition coefficient (Wildman–Crippen LogP) is 0.797. The van der Waals surface area contributed by atoms with Crippen molar-refractivity contribution in [3.8, 4) is 0 Å². The molecule has 1 aromatic rings. The normalized spacial score (nSPS) is 21.8. The zero-order chi connectivity index (χ0) is 16.3. The fourth-order valence-electron chi connectivity index (χ4n) is 2.26. The molecule has 4 unspecified atom stereocenters. The van der Waals surface area contributed by atoms with E-state index in [9.17, 15) is 28.9 Å². The molecule has 0 radical (unpaired) electrons. The van der Waals surface area contributed by atoms with Crippen LogP contribution in [0.15, 0.2) is 30.6 Å². The van der Waals surface area contributed by atoms with E-state index in [-0.39, 0.29) is 6.42 Å². The van der Waals surface area contributed by atoms with E-state index < -0.39 is 26.1 Å². The van der Waals surface area contributed by atoms with Crippen LogP contribution in [0.25, 0.3) is 0 Å². The summed E-state index contributed by atoms with van der Waals surface area (Å²) in [5, 5.41) is 7.34. The van der Waals surface area contributed by atoms with E-state index in [2.05, 4.69) is 0 Å². The van der Waals surface area contributed by atoms with Gasteiger partial charge in [0.25, 0.3) is 5.08 Å². The Balaban J connectivity index is 3.46. The summed E-state index contributed by atoms with van der Waals surface area (Å²) in [6, 6.07) is 3.63. The first-order chi connectivity index (χ1) is 9.55. The molecule has 0 aromatic carbocycles. The summed E-state index contributed by atoms with van der Waals surface area (Å²) >= 11 is 0. The molecule has 0 bridgehead atoms. The second-order valence-electron chi connectivity index (χ2n) is 5.07. The van der Waals surface area contributed by atoms with Crippen LogP contribution in [0.1, 0.15) is 32.2 Å². The van der Waals surface area contributed by atoms with Gasteiger partial charge >= 0.3 is 0 Å². The molecule has 0 aliphatic rings. The van der Waals surface area contributed by atoms with Crippen molar-refractivity contribution in [2.24, 2.45) is 0 Å². The molecule has 21 heavy (non-hydrogen) atoms. The van der Waals surface area contributed by atoms with Crippen molar-refractivity contribution in [3.63, 3.8) is 0 Å². The van der Waals surface area contributed by atoms with Crippen LogP contribution in [-0.2, 0) is 9.13 Å². The minimum absolute atomic E-state index is 0.132. The van der Waals surface area contributed by atoms with Crippen molar-refractivity contribution < 1.29 is 33.5 Å². The van der Waals surface area contributed by atoms with Crippen molar-refractivity contribution in [2.45, 2.75) is 37.3 Å². The van der Waals surface area contributed by atoms with Gasteiger partial charge in [0.15, 0.2) is 20.0 Å². The van der Waals surface area contributed by atoms with E-state index in [1.807, 2.05) is 6.92 Å². The van der Waals surface area contributed by atoms with Crippen molar-refractivity contribution in [3.05, 3.63) is 30.6 Å². The van der Waals surface area contributed by atoms with E-state index in [0.29, 0.717) is 12.8 Å². The molecule has 1 heterocycles. The van der Waals surface area contributed by atoms with E-state index in [0.717, 1.165) is 6.66 Å². The summed E-state index contributed by atoms with van der Waals surface area (Å²) < 4.78 is 25.0. The van der Waals surface area contributed by atoms with Gasteiger partial charge < -0.3 is 24.4 Å². The van der Waals surface area contributed by atoms with Gasteiger partial charge in [-0.25, -0.2) is 0 Å². The molecule has 0 aliphatic carbocycles. The molecule has 7 nitrogen and oxygen atoms in total. The third-order valence-electron chi connectivity index (χ3n) is 3.40. The quantitative estimate of drug-likeness (QED) is 0.500. The smallest absolute Gasteiger partial charge is 0.266 e. The van der Waals surface area contributed by atoms with Gasteiger partial charge in [0.1, 0.15) is 0 Å². The van der Waals surface area contributed by atoms with Gasteiger partial charge in [-0.2, -0.15) is 4.57 Å². The van der Waals surface area contributed by atoms with Crippen LogP contribution in [-0.4, -0.2) is 26.6 Å². The molecule has 0 saturated heterocycles. The fourth-order valence-corrected chi connectivity index (χ4v) is 5.59. The highest BCUT2D eigenvalue weighted by Gasteiger charge is 2.60. The molecular weight excluding hydrogens is 316 g/mol. The average molecular weight is 337 g/mol. The maximum absolute atomic E-state index is 12.0. The van der Waals surface area contributed by atoms with E-state index in [1.54, 1.807) is 18.2 Å². The molecule has 0 amide bonds. The van der Waals surface area contributed by atoms with Gasteiger partial charge in [-0.15, -0.1) is 0 Å². The Morgan fingerprint density at radius 2 is 1.76 bits per heavy atom. The molecule has 0 fully saturated rings. The van der Waals surface area contributed by atoms with Gasteiger partial charge in [0.2, 0.25) is 13.4 Å². The minimum atomic E-state index is -5.50. The van der Waals surface area contributed by atoms with E-state index in [4.69, 9.17) is 0 Å². The minimum Gasteiger partial charge on any atom is -0.776 e. The molecule has 9 heteroatoms. The largest absolute Gasteiger partial charge is 0.776 e. The van der Waals surface area contributed by atoms with Crippen LogP contribution >= 0.6 is 15.0 Å². The lowest BCUT2D eigenvalue weighted by Gasteiger charge is -2.40. The number of hydrogen-bond donors (Lipinski definition) is 3. The monoisotopic (exact) mass is 337 g/mol. The summed E-state index contributed by atoms with van der Waals surface area (Å²) in [6.45, 7) is 2.60. The second-order valence-corrected chi connectivity index (χ2v) is 9.58. The predicted molar refractivity (Wildman–Crippen MR) is 75.7 cm³/mol. The summed E-state index contributed by atoms with van der Waals surface area (Å²) in [7, 11) is -10.1. The van der Waals surface area contributed by atoms with Crippen LogP contribution in [0.4, 0.5) is 0 Å². The Labute approximate surface area is 123 Å². The van der Waals surface area contributed by atoms with Crippen LogP contribution in [0.2, 0.25) is 0 Å². The first-order valence-electron chi connectivity index (χ1n) is 6.58. The Hall–Kier alpha value is -0.550. The molecule has 4 atom stereocenters. The first-order valence-corrected chi connectivity index (χ1v) is 10.3. The molecule has 1 aromatic heterocycles. The van der Waals surface area contributed by atoms with Crippen LogP contribution in [0.3, 0.4) is 0 Å². The summed E-state index contributed by atoms with van der Waals surface area (Å²) in [6.07, 6.45) is 4.32. The lowest BCUT2D eigenvalue weighted by molar-refractivity contribution is -0.731. The number of unbranched alkanes of at least 4 members (excludes halogenated alkanes) is 1. The van der Waals surface area contributed by atoms with Gasteiger partial charge in [0.05, 0.1) is 0 Å². The lowest BCUT2D eigenvalue weighted by atomic mass is 10.1. The maximum Gasteiger partial charge on any atom is 0.266 e. The third-order valence-corrected chi connectivity index (χ3v) is 7.92. The molecule has 120 valence electrons. The van der Waals surface area contributed by atoms with Crippen molar-refractivity contribution in [1.82, 2.24) is 0 Å². The highest BCUT2D eigenvalue weighted by Crippen LogP contribution is 2.69. The van der Waals surface area contributed by atoms with Gasteiger partial charge in [-0.05, 0) is 6.42 Å². The highest BCUT2D eigenvalue weighted by molar-refractivity contribution is 7.74. The van der Waals surface area contributed by atoms with Crippen molar-refractivity contribution in [1.29, 1.82) is 0 Å². The van der Waals surface area contributed by atoms with Crippen molar-refractivity contribution >= 4 is 15.0 Å². The topological polar surface area (TPSA) is 122 Å².